The van der Waals surface area contributed by atoms with E-state index >= 15 is 0 Å². The number of aromatic nitrogens is 1. The molecule has 0 atom stereocenters. The van der Waals surface area contributed by atoms with Gasteiger partial charge in [0.15, 0.2) is 0 Å². The third kappa shape index (κ3) is 3.59. The highest BCUT2D eigenvalue weighted by Gasteiger charge is 2.22. The molecule has 4 nitrogen and oxygen atoms in total. The van der Waals surface area contributed by atoms with Crippen molar-refractivity contribution >= 4 is 16.9 Å². The number of para-hydroxylation sites is 1. The van der Waals surface area contributed by atoms with Crippen molar-refractivity contribution in [3.05, 3.63) is 71.4 Å². The number of esters is 1. The molecule has 3 rings (SSSR count). The Bertz CT molecular complexity index is 852. The lowest BCUT2D eigenvalue weighted by Crippen LogP contribution is -2.11. The number of hydrogen-bond acceptors (Lipinski definition) is 3. The molecule has 0 unspecified atom stereocenters. The molecule has 0 aliphatic rings. The van der Waals surface area contributed by atoms with Gasteiger partial charge in [0, 0.05) is 11.1 Å². The molecule has 3 aromatic rings. The van der Waals surface area contributed by atoms with Crippen LogP contribution in [0.4, 0.5) is 0 Å². The van der Waals surface area contributed by atoms with Crippen LogP contribution in [0.15, 0.2) is 54.6 Å². The zero-order valence-electron chi connectivity index (χ0n) is 14.7. The summed E-state index contributed by atoms with van der Waals surface area (Å²) in [6, 6.07) is 18.0. The molecule has 0 fully saturated rings. The van der Waals surface area contributed by atoms with E-state index in [2.05, 4.69) is 4.57 Å². The lowest BCUT2D eigenvalue weighted by atomic mass is 10.1. The van der Waals surface area contributed by atoms with Crippen LogP contribution in [0.25, 0.3) is 10.9 Å². The summed E-state index contributed by atoms with van der Waals surface area (Å²) >= 11 is 0. The van der Waals surface area contributed by atoms with E-state index in [1.807, 2.05) is 68.4 Å². The van der Waals surface area contributed by atoms with Gasteiger partial charge >= 0.3 is 5.97 Å². The van der Waals surface area contributed by atoms with Crippen molar-refractivity contribution in [1.82, 2.24) is 4.57 Å². The van der Waals surface area contributed by atoms with Crippen LogP contribution >= 0.6 is 0 Å². The molecule has 1 heterocycles. The fourth-order valence-corrected chi connectivity index (χ4v) is 3.13. The third-order valence-electron chi connectivity index (χ3n) is 4.22. The van der Waals surface area contributed by atoms with Crippen molar-refractivity contribution in [2.75, 3.05) is 6.61 Å². The summed E-state index contributed by atoms with van der Waals surface area (Å²) in [5.74, 6) is -0.266. The Balaban J connectivity index is 1.92. The van der Waals surface area contributed by atoms with Crippen molar-refractivity contribution in [2.24, 2.45) is 0 Å². The van der Waals surface area contributed by atoms with E-state index < -0.39 is 0 Å². The van der Waals surface area contributed by atoms with E-state index in [9.17, 15) is 4.79 Å². The molecule has 0 spiro atoms. The largest absolute Gasteiger partial charge is 0.462 e. The van der Waals surface area contributed by atoms with Crippen LogP contribution in [0.1, 0.15) is 35.5 Å². The van der Waals surface area contributed by atoms with E-state index in [1.54, 1.807) is 0 Å². The zero-order chi connectivity index (χ0) is 17.6. The Hall–Kier alpha value is -2.59. The average Bonchev–Trinajstić information content (AvgIpc) is 2.96. The van der Waals surface area contributed by atoms with Crippen LogP contribution in [0.2, 0.25) is 0 Å². The van der Waals surface area contributed by atoms with E-state index in [0.717, 1.165) is 28.6 Å². The summed E-state index contributed by atoms with van der Waals surface area (Å²) in [5.41, 5.74) is 3.73. The van der Waals surface area contributed by atoms with Crippen LogP contribution in [0.5, 0.6) is 0 Å². The zero-order valence-corrected chi connectivity index (χ0v) is 14.7. The van der Waals surface area contributed by atoms with Crippen LogP contribution < -0.4 is 0 Å². The fraction of sp³-hybridized carbons (Fsp3) is 0.286. The molecule has 0 bridgehead atoms. The van der Waals surface area contributed by atoms with Gasteiger partial charge in [-0.1, -0.05) is 55.5 Å². The standard InChI is InChI=1S/C21H23NO3/c1-3-18-20(21(23)25-4-2)17-12-8-9-13-19(17)22(18)15-24-14-16-10-6-5-7-11-16/h5-13H,3-4,14-15H2,1-2H3. The van der Waals surface area contributed by atoms with Gasteiger partial charge in [0.1, 0.15) is 6.73 Å². The van der Waals surface area contributed by atoms with E-state index in [1.165, 1.54) is 0 Å². The number of hydrogen-bond donors (Lipinski definition) is 0. The Morgan fingerprint density at radius 1 is 1.00 bits per heavy atom. The lowest BCUT2D eigenvalue weighted by molar-refractivity contribution is 0.0520. The molecule has 4 heteroatoms. The first-order valence-electron chi connectivity index (χ1n) is 8.65. The number of ether oxygens (including phenoxy) is 2. The van der Waals surface area contributed by atoms with Gasteiger partial charge < -0.3 is 14.0 Å². The van der Waals surface area contributed by atoms with Gasteiger partial charge in [-0.25, -0.2) is 4.79 Å². The predicted molar refractivity (Wildman–Crippen MR) is 98.5 cm³/mol. The molecular formula is C21H23NO3. The van der Waals surface area contributed by atoms with Crippen molar-refractivity contribution in [3.63, 3.8) is 0 Å². The van der Waals surface area contributed by atoms with Gasteiger partial charge in [0.2, 0.25) is 0 Å². The molecule has 0 radical (unpaired) electrons. The molecule has 25 heavy (non-hydrogen) atoms. The van der Waals surface area contributed by atoms with Crippen LogP contribution in [0.3, 0.4) is 0 Å². The van der Waals surface area contributed by atoms with Crippen molar-refractivity contribution in [2.45, 2.75) is 33.6 Å². The molecule has 130 valence electrons. The van der Waals surface area contributed by atoms with Gasteiger partial charge in [-0.15, -0.1) is 0 Å². The van der Waals surface area contributed by atoms with E-state index in [-0.39, 0.29) is 5.97 Å². The van der Waals surface area contributed by atoms with Gasteiger partial charge in [-0.2, -0.15) is 0 Å². The Morgan fingerprint density at radius 3 is 2.44 bits per heavy atom. The molecule has 0 saturated heterocycles. The van der Waals surface area contributed by atoms with Gasteiger partial charge in [-0.05, 0) is 25.0 Å². The van der Waals surface area contributed by atoms with Crippen LogP contribution in [-0.2, 0) is 29.2 Å². The molecule has 0 amide bonds. The first kappa shape index (κ1) is 17.2. The highest BCUT2D eigenvalue weighted by atomic mass is 16.5. The normalized spacial score (nSPS) is 11.0. The number of benzene rings is 2. The smallest absolute Gasteiger partial charge is 0.340 e. The summed E-state index contributed by atoms with van der Waals surface area (Å²) in [7, 11) is 0. The second-order valence-corrected chi connectivity index (χ2v) is 5.80. The topological polar surface area (TPSA) is 40.5 Å². The third-order valence-corrected chi connectivity index (χ3v) is 4.22. The minimum absolute atomic E-state index is 0.266. The first-order valence-corrected chi connectivity index (χ1v) is 8.65. The monoisotopic (exact) mass is 337 g/mol. The Kier molecular flexibility index (Phi) is 5.51. The lowest BCUT2D eigenvalue weighted by Gasteiger charge is -2.11. The van der Waals surface area contributed by atoms with Gasteiger partial charge in [-0.3, -0.25) is 0 Å². The second-order valence-electron chi connectivity index (χ2n) is 5.80. The van der Waals surface area contributed by atoms with Crippen molar-refractivity contribution in [1.29, 1.82) is 0 Å². The van der Waals surface area contributed by atoms with Crippen LogP contribution in [-0.4, -0.2) is 17.1 Å². The summed E-state index contributed by atoms with van der Waals surface area (Å²) in [6.07, 6.45) is 0.734. The molecule has 0 N–H and O–H groups in total. The summed E-state index contributed by atoms with van der Waals surface area (Å²) in [4.78, 5) is 12.5. The summed E-state index contributed by atoms with van der Waals surface area (Å²) < 4.78 is 13.3. The number of carbonyl (C=O) groups excluding carboxylic acids is 1. The number of fused-ring (bicyclic) bond motifs is 1. The average molecular weight is 337 g/mol. The number of rotatable bonds is 7. The maximum Gasteiger partial charge on any atom is 0.340 e. The van der Waals surface area contributed by atoms with E-state index in [4.69, 9.17) is 9.47 Å². The first-order chi connectivity index (χ1) is 12.3. The molecule has 0 saturated carbocycles. The minimum Gasteiger partial charge on any atom is -0.462 e. The number of nitrogens with zero attached hydrogens (tertiary/aromatic N) is 1. The molecular weight excluding hydrogens is 314 g/mol. The number of carbonyl (C=O) groups is 1. The van der Waals surface area contributed by atoms with Gasteiger partial charge in [0.25, 0.3) is 0 Å². The maximum absolute atomic E-state index is 12.5. The summed E-state index contributed by atoms with van der Waals surface area (Å²) in [5, 5.41) is 0.918. The predicted octanol–water partition coefficient (Wildman–Crippen LogP) is 4.55. The van der Waals surface area contributed by atoms with Crippen LogP contribution in [0, 0.1) is 0 Å². The fourth-order valence-electron chi connectivity index (χ4n) is 3.13. The highest BCUT2D eigenvalue weighted by Crippen LogP contribution is 2.28. The maximum atomic E-state index is 12.5. The molecule has 1 aromatic heterocycles. The SMILES string of the molecule is CCOC(=O)c1c(CC)n(COCc2ccccc2)c2ccccc12. The Labute approximate surface area is 148 Å². The summed E-state index contributed by atoms with van der Waals surface area (Å²) in [6.45, 7) is 5.17. The molecule has 0 aliphatic heterocycles. The molecule has 0 aliphatic carbocycles. The van der Waals surface area contributed by atoms with E-state index in [0.29, 0.717) is 25.5 Å². The minimum atomic E-state index is -0.266. The Morgan fingerprint density at radius 2 is 1.72 bits per heavy atom. The van der Waals surface area contributed by atoms with Gasteiger partial charge in [0.05, 0.1) is 24.3 Å². The second kappa shape index (κ2) is 7.99. The van der Waals surface area contributed by atoms with Crippen molar-refractivity contribution in [3.8, 4) is 0 Å². The quantitative estimate of drug-likeness (QED) is 0.594. The van der Waals surface area contributed by atoms with Crippen molar-refractivity contribution < 1.29 is 14.3 Å². The molecule has 2 aromatic carbocycles. The highest BCUT2D eigenvalue weighted by molar-refractivity contribution is 6.06.